The van der Waals surface area contributed by atoms with Gasteiger partial charge in [-0.1, -0.05) is 13.0 Å². The van der Waals surface area contributed by atoms with E-state index in [1.807, 2.05) is 6.08 Å². The van der Waals surface area contributed by atoms with E-state index in [4.69, 9.17) is 9.47 Å². The molecule has 0 unspecified atom stereocenters. The molecule has 0 radical (unpaired) electrons. The highest BCUT2D eigenvalue weighted by atomic mass is 16.5. The molecule has 0 aliphatic carbocycles. The molecule has 0 rings (SSSR count). The van der Waals surface area contributed by atoms with Gasteiger partial charge >= 0.3 is 0 Å². The van der Waals surface area contributed by atoms with Crippen LogP contribution in [0.15, 0.2) is 12.7 Å². The number of rotatable bonds is 5. The van der Waals surface area contributed by atoms with E-state index in [0.29, 0.717) is 12.5 Å². The van der Waals surface area contributed by atoms with Crippen LogP contribution in [-0.4, -0.2) is 25.4 Å². The van der Waals surface area contributed by atoms with Crippen LogP contribution in [0.2, 0.25) is 0 Å². The van der Waals surface area contributed by atoms with E-state index < -0.39 is 0 Å². The minimum atomic E-state index is -0.0757. The Bertz CT molecular complexity index is 147. The standard InChI is InChI=1S/C11H22O2/c1-7-10(12-6)9(2)8-13-11(3,4)5/h7,9-10H,1,8H2,2-6H3/t9-,10-/m0/s1. The van der Waals surface area contributed by atoms with Gasteiger partial charge in [0.2, 0.25) is 0 Å². The zero-order chi connectivity index (χ0) is 10.5. The van der Waals surface area contributed by atoms with Crippen molar-refractivity contribution in [1.29, 1.82) is 0 Å². The molecule has 2 nitrogen and oxygen atoms in total. The van der Waals surface area contributed by atoms with Crippen molar-refractivity contribution in [2.24, 2.45) is 5.92 Å². The Hall–Kier alpha value is -0.340. The average molecular weight is 186 g/mol. The summed E-state index contributed by atoms with van der Waals surface area (Å²) in [5.41, 5.74) is -0.0757. The lowest BCUT2D eigenvalue weighted by Gasteiger charge is -2.25. The number of hydrogen-bond acceptors (Lipinski definition) is 2. The Morgan fingerprint density at radius 1 is 1.38 bits per heavy atom. The molecule has 0 aliphatic heterocycles. The maximum Gasteiger partial charge on any atom is 0.0796 e. The lowest BCUT2D eigenvalue weighted by molar-refractivity contribution is -0.0425. The molecular formula is C11H22O2. The fourth-order valence-corrected chi connectivity index (χ4v) is 1.04. The van der Waals surface area contributed by atoms with Gasteiger partial charge in [0.25, 0.3) is 0 Å². The van der Waals surface area contributed by atoms with Crippen molar-refractivity contribution in [3.63, 3.8) is 0 Å². The molecule has 0 heterocycles. The minimum absolute atomic E-state index is 0.0757. The minimum Gasteiger partial charge on any atom is -0.377 e. The van der Waals surface area contributed by atoms with Crippen LogP contribution >= 0.6 is 0 Å². The molecule has 2 heteroatoms. The molecular weight excluding hydrogens is 164 g/mol. The first-order valence-corrected chi connectivity index (χ1v) is 4.70. The molecule has 0 amide bonds. The summed E-state index contributed by atoms with van der Waals surface area (Å²) in [6.07, 6.45) is 1.90. The molecule has 0 aliphatic rings. The maximum absolute atomic E-state index is 5.65. The summed E-state index contributed by atoms with van der Waals surface area (Å²) in [7, 11) is 1.69. The second kappa shape index (κ2) is 5.40. The Balaban J connectivity index is 3.85. The molecule has 13 heavy (non-hydrogen) atoms. The van der Waals surface area contributed by atoms with E-state index in [0.717, 1.165) is 0 Å². The summed E-state index contributed by atoms with van der Waals surface area (Å²) in [5, 5.41) is 0. The summed E-state index contributed by atoms with van der Waals surface area (Å²) >= 11 is 0. The number of methoxy groups -OCH3 is 1. The van der Waals surface area contributed by atoms with E-state index in [9.17, 15) is 0 Å². The average Bonchev–Trinajstić information content (AvgIpc) is 2.02. The molecule has 0 spiro atoms. The monoisotopic (exact) mass is 186 g/mol. The van der Waals surface area contributed by atoms with Crippen LogP contribution in [-0.2, 0) is 9.47 Å². The van der Waals surface area contributed by atoms with Crippen molar-refractivity contribution in [3.05, 3.63) is 12.7 Å². The third-order valence-electron chi connectivity index (χ3n) is 1.84. The predicted octanol–water partition coefficient (Wildman–Crippen LogP) is 2.64. The van der Waals surface area contributed by atoms with E-state index in [1.165, 1.54) is 0 Å². The zero-order valence-electron chi connectivity index (χ0n) is 9.46. The molecule has 0 bridgehead atoms. The van der Waals surface area contributed by atoms with Crippen molar-refractivity contribution < 1.29 is 9.47 Å². The summed E-state index contributed by atoms with van der Waals surface area (Å²) < 4.78 is 10.9. The van der Waals surface area contributed by atoms with Crippen LogP contribution in [0.25, 0.3) is 0 Å². The molecule has 0 aromatic rings. The predicted molar refractivity (Wildman–Crippen MR) is 55.9 cm³/mol. The lowest BCUT2D eigenvalue weighted by Crippen LogP contribution is -2.28. The molecule has 0 saturated heterocycles. The SMILES string of the molecule is C=C[C@H](OC)[C@@H](C)COC(C)(C)C. The van der Waals surface area contributed by atoms with Gasteiger partial charge in [0.15, 0.2) is 0 Å². The topological polar surface area (TPSA) is 18.5 Å². The second-order valence-corrected chi connectivity index (χ2v) is 4.34. The van der Waals surface area contributed by atoms with Crippen LogP contribution in [0, 0.1) is 5.92 Å². The molecule has 0 saturated carbocycles. The van der Waals surface area contributed by atoms with Crippen molar-refractivity contribution in [2.75, 3.05) is 13.7 Å². The molecule has 0 aromatic heterocycles. The van der Waals surface area contributed by atoms with Crippen LogP contribution in [0.4, 0.5) is 0 Å². The molecule has 2 atom stereocenters. The van der Waals surface area contributed by atoms with Crippen molar-refractivity contribution in [2.45, 2.75) is 39.4 Å². The van der Waals surface area contributed by atoms with Crippen molar-refractivity contribution in [3.8, 4) is 0 Å². The Morgan fingerprint density at radius 2 is 1.92 bits per heavy atom. The molecule has 0 aromatic carbocycles. The fourth-order valence-electron chi connectivity index (χ4n) is 1.04. The van der Waals surface area contributed by atoms with E-state index in [1.54, 1.807) is 7.11 Å². The number of hydrogen-bond donors (Lipinski definition) is 0. The van der Waals surface area contributed by atoms with Crippen LogP contribution in [0.1, 0.15) is 27.7 Å². The van der Waals surface area contributed by atoms with Gasteiger partial charge in [0.1, 0.15) is 0 Å². The highest BCUT2D eigenvalue weighted by molar-refractivity contribution is 4.84. The molecule has 78 valence electrons. The van der Waals surface area contributed by atoms with Gasteiger partial charge in [-0.25, -0.2) is 0 Å². The van der Waals surface area contributed by atoms with Gasteiger partial charge in [0.05, 0.1) is 18.3 Å². The van der Waals surface area contributed by atoms with Crippen LogP contribution < -0.4 is 0 Å². The van der Waals surface area contributed by atoms with E-state index in [-0.39, 0.29) is 11.7 Å². The van der Waals surface area contributed by atoms with E-state index >= 15 is 0 Å². The zero-order valence-corrected chi connectivity index (χ0v) is 9.46. The quantitative estimate of drug-likeness (QED) is 0.614. The Kier molecular flexibility index (Phi) is 5.26. The first kappa shape index (κ1) is 12.7. The Morgan fingerprint density at radius 3 is 2.23 bits per heavy atom. The van der Waals surface area contributed by atoms with Crippen molar-refractivity contribution in [1.82, 2.24) is 0 Å². The molecule has 0 fully saturated rings. The van der Waals surface area contributed by atoms with Gasteiger partial charge in [-0.2, -0.15) is 0 Å². The largest absolute Gasteiger partial charge is 0.377 e. The first-order chi connectivity index (χ1) is 5.90. The Labute approximate surface area is 81.9 Å². The van der Waals surface area contributed by atoms with Gasteiger partial charge in [-0.15, -0.1) is 6.58 Å². The van der Waals surface area contributed by atoms with Gasteiger partial charge in [0, 0.05) is 13.0 Å². The van der Waals surface area contributed by atoms with Crippen LogP contribution in [0.3, 0.4) is 0 Å². The van der Waals surface area contributed by atoms with Crippen molar-refractivity contribution >= 4 is 0 Å². The second-order valence-electron chi connectivity index (χ2n) is 4.34. The molecule has 0 N–H and O–H groups in total. The highest BCUT2D eigenvalue weighted by Crippen LogP contribution is 2.13. The summed E-state index contributed by atoms with van der Waals surface area (Å²) in [4.78, 5) is 0. The smallest absolute Gasteiger partial charge is 0.0796 e. The lowest BCUT2D eigenvalue weighted by atomic mass is 10.1. The first-order valence-electron chi connectivity index (χ1n) is 4.70. The normalized spacial score (nSPS) is 16.7. The maximum atomic E-state index is 5.65. The van der Waals surface area contributed by atoms with Gasteiger partial charge in [-0.05, 0) is 20.8 Å². The third kappa shape index (κ3) is 5.83. The van der Waals surface area contributed by atoms with Gasteiger partial charge < -0.3 is 9.47 Å². The fraction of sp³-hybridized carbons (Fsp3) is 0.818. The third-order valence-corrected chi connectivity index (χ3v) is 1.84. The highest BCUT2D eigenvalue weighted by Gasteiger charge is 2.17. The number of ether oxygens (including phenoxy) is 2. The summed E-state index contributed by atoms with van der Waals surface area (Å²) in [6.45, 7) is 12.7. The van der Waals surface area contributed by atoms with Gasteiger partial charge in [-0.3, -0.25) is 0 Å². The summed E-state index contributed by atoms with van der Waals surface area (Å²) in [5.74, 6) is 0.349. The van der Waals surface area contributed by atoms with Crippen LogP contribution in [0.5, 0.6) is 0 Å². The summed E-state index contributed by atoms with van der Waals surface area (Å²) in [6, 6.07) is 0. The van der Waals surface area contributed by atoms with E-state index in [2.05, 4.69) is 34.3 Å².